The van der Waals surface area contributed by atoms with E-state index in [1.54, 1.807) is 0 Å². The fraction of sp³-hybridized carbons (Fsp3) is 0.429. The molecule has 0 atom stereocenters. The minimum absolute atomic E-state index is 0.575. The van der Waals surface area contributed by atoms with Crippen LogP contribution in [0.1, 0.15) is 49.3 Å². The maximum Gasteiger partial charge on any atom is 0.124 e. The van der Waals surface area contributed by atoms with Crippen molar-refractivity contribution in [1.29, 1.82) is 0 Å². The van der Waals surface area contributed by atoms with E-state index in [9.17, 15) is 0 Å². The molecule has 0 heterocycles. The van der Waals surface area contributed by atoms with Gasteiger partial charge in [0.2, 0.25) is 0 Å². The van der Waals surface area contributed by atoms with E-state index in [0.717, 1.165) is 29.4 Å². The molecule has 0 saturated carbocycles. The van der Waals surface area contributed by atoms with Crippen LogP contribution in [0.3, 0.4) is 0 Å². The summed E-state index contributed by atoms with van der Waals surface area (Å²) in [5.41, 5.74) is 3.55. The van der Waals surface area contributed by atoms with Crippen LogP contribution < -0.4 is 10.1 Å². The van der Waals surface area contributed by atoms with Crippen LogP contribution >= 0.6 is 11.6 Å². The number of nitrogens with one attached hydrogen (secondary N) is 1. The Hall–Kier alpha value is -1.51. The van der Waals surface area contributed by atoms with Gasteiger partial charge in [0, 0.05) is 17.1 Å². The molecule has 0 aromatic heterocycles. The molecule has 0 saturated heterocycles. The normalized spacial score (nSPS) is 10.8. The molecule has 2 aromatic carbocycles. The van der Waals surface area contributed by atoms with Crippen LogP contribution in [0.4, 0.5) is 0 Å². The Morgan fingerprint density at radius 1 is 1.00 bits per heavy atom. The molecule has 2 nitrogen and oxygen atoms in total. The number of rotatable bonds is 10. The van der Waals surface area contributed by atoms with Crippen LogP contribution in [-0.2, 0) is 13.2 Å². The molecule has 0 aliphatic carbocycles. The minimum atomic E-state index is 0.575. The molecule has 0 radical (unpaired) electrons. The summed E-state index contributed by atoms with van der Waals surface area (Å²) in [5.74, 6) is 0.904. The van der Waals surface area contributed by atoms with Crippen LogP contribution in [0.5, 0.6) is 5.75 Å². The zero-order valence-electron chi connectivity index (χ0n) is 14.8. The standard InChI is InChI=1S/C21H28ClNO/c1-3-4-5-6-13-23-15-19-14-20(22)11-12-21(19)24-16-18-9-7-17(2)8-10-18/h7-12,14,23H,3-6,13,15-16H2,1-2H3. The summed E-state index contributed by atoms with van der Waals surface area (Å²) in [6.07, 6.45) is 5.08. The van der Waals surface area contributed by atoms with Crippen molar-refractivity contribution in [2.45, 2.75) is 52.7 Å². The lowest BCUT2D eigenvalue weighted by atomic mass is 10.1. The Balaban J connectivity index is 1.88. The third-order valence-electron chi connectivity index (χ3n) is 4.06. The lowest BCUT2D eigenvalue weighted by Crippen LogP contribution is -2.15. The highest BCUT2D eigenvalue weighted by molar-refractivity contribution is 6.30. The smallest absolute Gasteiger partial charge is 0.124 e. The molecular weight excluding hydrogens is 318 g/mol. The van der Waals surface area contributed by atoms with Crippen molar-refractivity contribution in [3.63, 3.8) is 0 Å². The van der Waals surface area contributed by atoms with E-state index in [0.29, 0.717) is 6.61 Å². The van der Waals surface area contributed by atoms with E-state index in [1.807, 2.05) is 18.2 Å². The number of hydrogen-bond acceptors (Lipinski definition) is 2. The second-order valence-corrected chi connectivity index (χ2v) is 6.70. The summed E-state index contributed by atoms with van der Waals surface area (Å²) in [7, 11) is 0. The van der Waals surface area contributed by atoms with Gasteiger partial charge >= 0.3 is 0 Å². The quantitative estimate of drug-likeness (QED) is 0.541. The molecule has 0 bridgehead atoms. The lowest BCUT2D eigenvalue weighted by Gasteiger charge is -2.13. The average molecular weight is 346 g/mol. The van der Waals surface area contributed by atoms with Crippen molar-refractivity contribution in [2.75, 3.05) is 6.54 Å². The van der Waals surface area contributed by atoms with E-state index in [-0.39, 0.29) is 0 Å². The predicted molar refractivity (Wildman–Crippen MR) is 103 cm³/mol. The number of ether oxygens (including phenoxy) is 1. The van der Waals surface area contributed by atoms with E-state index >= 15 is 0 Å². The second kappa shape index (κ2) is 10.4. The minimum Gasteiger partial charge on any atom is -0.489 e. The van der Waals surface area contributed by atoms with Gasteiger partial charge in [-0.05, 0) is 43.7 Å². The molecule has 3 heteroatoms. The van der Waals surface area contributed by atoms with E-state index in [1.165, 1.54) is 36.8 Å². The van der Waals surface area contributed by atoms with Gasteiger partial charge in [0.25, 0.3) is 0 Å². The van der Waals surface area contributed by atoms with Crippen LogP contribution in [0, 0.1) is 6.92 Å². The highest BCUT2D eigenvalue weighted by Gasteiger charge is 2.05. The van der Waals surface area contributed by atoms with E-state index < -0.39 is 0 Å². The summed E-state index contributed by atoms with van der Waals surface area (Å²) >= 11 is 6.15. The van der Waals surface area contributed by atoms with Crippen LogP contribution in [0.15, 0.2) is 42.5 Å². The summed E-state index contributed by atoms with van der Waals surface area (Å²) < 4.78 is 6.02. The maximum atomic E-state index is 6.15. The molecule has 0 spiro atoms. The van der Waals surface area contributed by atoms with E-state index in [4.69, 9.17) is 16.3 Å². The van der Waals surface area contributed by atoms with Gasteiger partial charge in [-0.2, -0.15) is 0 Å². The molecule has 0 aliphatic heterocycles. The van der Waals surface area contributed by atoms with Crippen LogP contribution in [0.25, 0.3) is 0 Å². The zero-order chi connectivity index (χ0) is 17.2. The Labute approximate surface area is 151 Å². The zero-order valence-corrected chi connectivity index (χ0v) is 15.5. The topological polar surface area (TPSA) is 21.3 Å². The molecule has 0 amide bonds. The molecule has 1 N–H and O–H groups in total. The Bertz CT molecular complexity index is 610. The number of aryl methyl sites for hydroxylation is 1. The van der Waals surface area contributed by atoms with Gasteiger partial charge in [0.05, 0.1) is 0 Å². The average Bonchev–Trinajstić information content (AvgIpc) is 2.58. The fourth-order valence-electron chi connectivity index (χ4n) is 2.57. The molecule has 2 rings (SSSR count). The largest absolute Gasteiger partial charge is 0.489 e. The molecule has 24 heavy (non-hydrogen) atoms. The van der Waals surface area contributed by atoms with Crippen molar-refractivity contribution in [3.05, 3.63) is 64.2 Å². The highest BCUT2D eigenvalue weighted by atomic mass is 35.5. The Morgan fingerprint density at radius 2 is 1.79 bits per heavy atom. The maximum absolute atomic E-state index is 6.15. The van der Waals surface area contributed by atoms with Crippen molar-refractivity contribution >= 4 is 11.6 Å². The lowest BCUT2D eigenvalue weighted by molar-refractivity contribution is 0.302. The first-order valence-electron chi connectivity index (χ1n) is 8.86. The summed E-state index contributed by atoms with van der Waals surface area (Å²) in [6.45, 7) is 6.72. The molecule has 2 aromatic rings. The van der Waals surface area contributed by atoms with E-state index in [2.05, 4.69) is 43.4 Å². The highest BCUT2D eigenvalue weighted by Crippen LogP contribution is 2.24. The van der Waals surface area contributed by atoms with Crippen LogP contribution in [-0.4, -0.2) is 6.54 Å². The molecule has 0 unspecified atom stereocenters. The van der Waals surface area contributed by atoms with Gasteiger partial charge in [-0.25, -0.2) is 0 Å². The first-order chi connectivity index (χ1) is 11.7. The number of hydrogen-bond donors (Lipinski definition) is 1. The van der Waals surface area contributed by atoms with Gasteiger partial charge in [-0.1, -0.05) is 67.6 Å². The first kappa shape index (κ1) is 18.8. The second-order valence-electron chi connectivity index (χ2n) is 6.26. The van der Waals surface area contributed by atoms with Gasteiger partial charge in [-0.3, -0.25) is 0 Å². The summed E-state index contributed by atoms with van der Waals surface area (Å²) in [4.78, 5) is 0. The number of halogens is 1. The van der Waals surface area contributed by atoms with Gasteiger partial charge in [-0.15, -0.1) is 0 Å². The van der Waals surface area contributed by atoms with Gasteiger partial charge in [0.1, 0.15) is 12.4 Å². The van der Waals surface area contributed by atoms with Crippen LogP contribution in [0.2, 0.25) is 5.02 Å². The number of benzene rings is 2. The first-order valence-corrected chi connectivity index (χ1v) is 9.24. The van der Waals surface area contributed by atoms with Crippen molar-refractivity contribution < 1.29 is 4.74 Å². The third-order valence-corrected chi connectivity index (χ3v) is 4.30. The Kier molecular flexibility index (Phi) is 8.14. The summed E-state index contributed by atoms with van der Waals surface area (Å²) in [5, 5.41) is 4.25. The monoisotopic (exact) mass is 345 g/mol. The molecule has 0 aliphatic rings. The fourth-order valence-corrected chi connectivity index (χ4v) is 2.77. The van der Waals surface area contributed by atoms with Gasteiger partial charge in [0.15, 0.2) is 0 Å². The predicted octanol–water partition coefficient (Wildman–Crippen LogP) is 5.90. The molecule has 0 fully saturated rings. The Morgan fingerprint density at radius 3 is 2.54 bits per heavy atom. The SMILES string of the molecule is CCCCCCNCc1cc(Cl)ccc1OCc1ccc(C)cc1. The number of unbranched alkanes of at least 4 members (excludes halogenated alkanes) is 3. The third kappa shape index (κ3) is 6.54. The van der Waals surface area contributed by atoms with Gasteiger partial charge < -0.3 is 10.1 Å². The van der Waals surface area contributed by atoms with Crippen molar-refractivity contribution in [3.8, 4) is 5.75 Å². The molecular formula is C21H28ClNO. The molecule has 130 valence electrons. The van der Waals surface area contributed by atoms with Crippen molar-refractivity contribution in [2.24, 2.45) is 0 Å². The van der Waals surface area contributed by atoms with Crippen molar-refractivity contribution in [1.82, 2.24) is 5.32 Å². The summed E-state index contributed by atoms with van der Waals surface area (Å²) in [6, 6.07) is 14.3.